The topological polar surface area (TPSA) is 32.7 Å². The highest BCUT2D eigenvalue weighted by atomic mass is 16.5. The molecule has 0 spiro atoms. The number of β-amino-alcohol motifs (C(OH)–C–C–N with tert-alkyl or cyclic N) is 1. The van der Waals surface area contributed by atoms with E-state index in [1.54, 1.807) is 0 Å². The van der Waals surface area contributed by atoms with Crippen molar-refractivity contribution >= 4 is 0 Å². The molecule has 3 atom stereocenters. The van der Waals surface area contributed by atoms with Gasteiger partial charge in [-0.25, -0.2) is 0 Å². The third-order valence-corrected chi connectivity index (χ3v) is 4.92. The van der Waals surface area contributed by atoms with Gasteiger partial charge < -0.3 is 9.84 Å². The Labute approximate surface area is 141 Å². The first-order chi connectivity index (χ1) is 10.8. The lowest BCUT2D eigenvalue weighted by molar-refractivity contribution is 0.0206. The quantitative estimate of drug-likeness (QED) is 0.891. The summed E-state index contributed by atoms with van der Waals surface area (Å²) >= 11 is 0. The van der Waals surface area contributed by atoms with E-state index in [0.717, 1.165) is 5.75 Å². The molecule has 3 heteroatoms. The van der Waals surface area contributed by atoms with Crippen molar-refractivity contribution in [2.75, 3.05) is 13.2 Å². The fourth-order valence-corrected chi connectivity index (χ4v) is 3.53. The molecule has 0 saturated carbocycles. The Bertz CT molecular complexity index is 485. The van der Waals surface area contributed by atoms with E-state index in [2.05, 4.69) is 45.6 Å². The third kappa shape index (κ3) is 4.95. The summed E-state index contributed by atoms with van der Waals surface area (Å²) in [6.45, 7) is 12.1. The summed E-state index contributed by atoms with van der Waals surface area (Å²) in [7, 11) is 0. The SMILES string of the molecule is C[C@H]1CCC[C@H](C)N1C[C@H](O)COc1ccccc1C(C)(C)C. The summed E-state index contributed by atoms with van der Waals surface area (Å²) in [6, 6.07) is 9.24. The monoisotopic (exact) mass is 319 g/mol. The highest BCUT2D eigenvalue weighted by Crippen LogP contribution is 2.31. The summed E-state index contributed by atoms with van der Waals surface area (Å²) in [6.07, 6.45) is 3.30. The smallest absolute Gasteiger partial charge is 0.123 e. The van der Waals surface area contributed by atoms with Gasteiger partial charge in [0.2, 0.25) is 0 Å². The molecule has 0 bridgehead atoms. The highest BCUT2D eigenvalue weighted by Gasteiger charge is 2.27. The molecular formula is C20H33NO2. The lowest BCUT2D eigenvalue weighted by atomic mass is 9.86. The Morgan fingerprint density at radius 1 is 1.17 bits per heavy atom. The number of nitrogens with zero attached hydrogens (tertiary/aromatic N) is 1. The molecule has 1 N–H and O–H groups in total. The number of piperidine rings is 1. The first-order valence-corrected chi connectivity index (χ1v) is 8.95. The van der Waals surface area contributed by atoms with Crippen LogP contribution in [0.15, 0.2) is 24.3 Å². The Kier molecular flexibility index (Phi) is 6.10. The van der Waals surface area contributed by atoms with Gasteiger partial charge in [0.05, 0.1) is 0 Å². The summed E-state index contributed by atoms with van der Waals surface area (Å²) in [5.41, 5.74) is 1.23. The molecule has 0 unspecified atom stereocenters. The van der Waals surface area contributed by atoms with E-state index in [9.17, 15) is 5.11 Å². The third-order valence-electron chi connectivity index (χ3n) is 4.92. The second kappa shape index (κ2) is 7.67. The highest BCUT2D eigenvalue weighted by molar-refractivity contribution is 5.38. The van der Waals surface area contributed by atoms with E-state index < -0.39 is 6.10 Å². The van der Waals surface area contributed by atoms with Crippen LogP contribution in [0, 0.1) is 0 Å². The minimum atomic E-state index is -0.453. The minimum absolute atomic E-state index is 0.0391. The molecule has 1 aromatic carbocycles. The fraction of sp³-hybridized carbons (Fsp3) is 0.700. The van der Waals surface area contributed by atoms with Crippen LogP contribution in [-0.4, -0.2) is 41.3 Å². The predicted molar refractivity (Wildman–Crippen MR) is 96.1 cm³/mol. The van der Waals surface area contributed by atoms with Crippen molar-refractivity contribution in [1.82, 2.24) is 4.90 Å². The largest absolute Gasteiger partial charge is 0.491 e. The average molecular weight is 319 g/mol. The number of hydrogen-bond donors (Lipinski definition) is 1. The van der Waals surface area contributed by atoms with Crippen LogP contribution in [0.25, 0.3) is 0 Å². The van der Waals surface area contributed by atoms with Gasteiger partial charge in [-0.1, -0.05) is 45.4 Å². The molecule has 130 valence electrons. The van der Waals surface area contributed by atoms with Crippen LogP contribution in [0.4, 0.5) is 0 Å². The maximum atomic E-state index is 10.4. The molecule has 0 aromatic heterocycles. The van der Waals surface area contributed by atoms with Crippen LogP contribution in [0.2, 0.25) is 0 Å². The Balaban J connectivity index is 1.93. The van der Waals surface area contributed by atoms with Gasteiger partial charge in [0.25, 0.3) is 0 Å². The van der Waals surface area contributed by atoms with Crippen LogP contribution in [-0.2, 0) is 5.41 Å². The zero-order valence-electron chi connectivity index (χ0n) is 15.4. The van der Waals surface area contributed by atoms with Crippen molar-refractivity contribution in [3.8, 4) is 5.75 Å². The standard InChI is InChI=1S/C20H33NO2/c1-15-9-8-10-16(2)21(15)13-17(22)14-23-19-12-7-6-11-18(19)20(3,4)5/h6-7,11-12,15-17,22H,8-10,13-14H2,1-5H3/t15-,16-,17-/m0/s1. The molecular weight excluding hydrogens is 286 g/mol. The molecule has 1 heterocycles. The second-order valence-corrected chi connectivity index (χ2v) is 8.04. The van der Waals surface area contributed by atoms with Crippen LogP contribution in [0.5, 0.6) is 5.75 Å². The van der Waals surface area contributed by atoms with Gasteiger partial charge in [-0.2, -0.15) is 0 Å². The molecule has 1 aliphatic rings. The Morgan fingerprint density at radius 2 is 1.78 bits per heavy atom. The van der Waals surface area contributed by atoms with Crippen molar-refractivity contribution in [3.05, 3.63) is 29.8 Å². The summed E-state index contributed by atoms with van der Waals surface area (Å²) in [5.74, 6) is 0.888. The van der Waals surface area contributed by atoms with E-state index in [0.29, 0.717) is 25.2 Å². The summed E-state index contributed by atoms with van der Waals surface area (Å²) in [4.78, 5) is 2.42. The zero-order chi connectivity index (χ0) is 17.0. The second-order valence-electron chi connectivity index (χ2n) is 8.04. The molecule has 1 fully saturated rings. The zero-order valence-corrected chi connectivity index (χ0v) is 15.4. The number of aliphatic hydroxyl groups excluding tert-OH is 1. The number of hydrogen-bond acceptors (Lipinski definition) is 3. The van der Waals surface area contributed by atoms with Gasteiger partial charge in [-0.05, 0) is 43.7 Å². The van der Waals surface area contributed by atoms with Gasteiger partial charge in [0.15, 0.2) is 0 Å². The molecule has 23 heavy (non-hydrogen) atoms. The Hall–Kier alpha value is -1.06. The number of likely N-dealkylation sites (tertiary alicyclic amines) is 1. The molecule has 1 aliphatic heterocycles. The molecule has 2 rings (SSSR count). The lowest BCUT2D eigenvalue weighted by Gasteiger charge is -2.40. The van der Waals surface area contributed by atoms with Gasteiger partial charge in [0.1, 0.15) is 18.5 Å². The maximum absolute atomic E-state index is 10.4. The Morgan fingerprint density at radius 3 is 2.39 bits per heavy atom. The van der Waals surface area contributed by atoms with Crippen molar-refractivity contribution in [2.45, 2.75) is 77.5 Å². The van der Waals surface area contributed by atoms with Crippen molar-refractivity contribution in [1.29, 1.82) is 0 Å². The molecule has 3 nitrogen and oxygen atoms in total. The molecule has 0 amide bonds. The van der Waals surface area contributed by atoms with Gasteiger partial charge in [-0.15, -0.1) is 0 Å². The van der Waals surface area contributed by atoms with Gasteiger partial charge in [0, 0.05) is 18.6 Å². The van der Waals surface area contributed by atoms with E-state index in [1.165, 1.54) is 24.8 Å². The van der Waals surface area contributed by atoms with Gasteiger partial charge in [-0.3, -0.25) is 4.90 Å². The van der Waals surface area contributed by atoms with E-state index in [-0.39, 0.29) is 5.41 Å². The lowest BCUT2D eigenvalue weighted by Crippen LogP contribution is -2.48. The van der Waals surface area contributed by atoms with Gasteiger partial charge >= 0.3 is 0 Å². The molecule has 1 aromatic rings. The van der Waals surface area contributed by atoms with Crippen molar-refractivity contribution in [3.63, 3.8) is 0 Å². The molecule has 0 radical (unpaired) electrons. The van der Waals surface area contributed by atoms with Crippen LogP contribution >= 0.6 is 0 Å². The van der Waals surface area contributed by atoms with Crippen molar-refractivity contribution in [2.24, 2.45) is 0 Å². The normalized spacial score (nSPS) is 24.4. The van der Waals surface area contributed by atoms with E-state index >= 15 is 0 Å². The number of benzene rings is 1. The van der Waals surface area contributed by atoms with E-state index in [1.807, 2.05) is 18.2 Å². The van der Waals surface area contributed by atoms with Crippen LogP contribution in [0.3, 0.4) is 0 Å². The number of ether oxygens (including phenoxy) is 1. The summed E-state index contributed by atoms with van der Waals surface area (Å²) in [5, 5.41) is 10.4. The number of rotatable bonds is 5. The predicted octanol–water partition coefficient (Wildman–Crippen LogP) is 3.99. The molecule has 1 saturated heterocycles. The van der Waals surface area contributed by atoms with E-state index in [4.69, 9.17) is 4.74 Å². The van der Waals surface area contributed by atoms with Crippen LogP contribution in [0.1, 0.15) is 59.4 Å². The first kappa shape index (κ1) is 18.3. The minimum Gasteiger partial charge on any atom is -0.491 e. The number of para-hydroxylation sites is 1. The summed E-state index contributed by atoms with van der Waals surface area (Å²) < 4.78 is 5.96. The fourth-order valence-electron chi connectivity index (χ4n) is 3.53. The number of aliphatic hydroxyl groups is 1. The van der Waals surface area contributed by atoms with Crippen molar-refractivity contribution < 1.29 is 9.84 Å². The maximum Gasteiger partial charge on any atom is 0.123 e. The first-order valence-electron chi connectivity index (χ1n) is 8.95. The molecule has 0 aliphatic carbocycles. The average Bonchev–Trinajstić information content (AvgIpc) is 2.48. The van der Waals surface area contributed by atoms with Crippen LogP contribution < -0.4 is 4.74 Å².